The molecule has 0 aromatic carbocycles. The van der Waals surface area contributed by atoms with E-state index in [9.17, 15) is 0 Å². The molecule has 4 heterocycles. The molecule has 0 bridgehead atoms. The third-order valence-electron chi connectivity index (χ3n) is 6.71. The van der Waals surface area contributed by atoms with Gasteiger partial charge < -0.3 is 19.7 Å². The van der Waals surface area contributed by atoms with Crippen molar-refractivity contribution in [1.29, 1.82) is 0 Å². The molecule has 2 aromatic heterocycles. The van der Waals surface area contributed by atoms with E-state index in [0.29, 0.717) is 12.0 Å². The molecule has 1 N–H and O–H groups in total. The van der Waals surface area contributed by atoms with Gasteiger partial charge in [0.2, 0.25) is 0 Å². The lowest BCUT2D eigenvalue weighted by Gasteiger charge is -2.39. The van der Waals surface area contributed by atoms with E-state index in [1.165, 1.54) is 18.4 Å². The highest BCUT2D eigenvalue weighted by Gasteiger charge is 2.28. The zero-order valence-electron chi connectivity index (χ0n) is 18.9. The number of aromatic nitrogens is 3. The fourth-order valence-electron chi connectivity index (χ4n) is 4.55. The van der Waals surface area contributed by atoms with Gasteiger partial charge in [-0.1, -0.05) is 19.9 Å². The van der Waals surface area contributed by atoms with Crippen molar-refractivity contribution in [3.8, 4) is 0 Å². The lowest BCUT2D eigenvalue weighted by molar-refractivity contribution is 0.189. The lowest BCUT2D eigenvalue weighted by Crippen LogP contribution is -2.48. The molecule has 2 aliphatic heterocycles. The van der Waals surface area contributed by atoms with Crippen LogP contribution >= 0.6 is 24.0 Å². The molecule has 8 heteroatoms. The molecule has 2 unspecified atom stereocenters. The molecule has 2 aliphatic rings. The van der Waals surface area contributed by atoms with Crippen LogP contribution in [0.25, 0.3) is 0 Å². The number of hydrogen-bond donors (Lipinski definition) is 1. The van der Waals surface area contributed by atoms with E-state index >= 15 is 0 Å². The standard InChI is InChI=1S/C23H35N7.HI/c1-18-6-10-28(11-7-18)22-5-4-20(14-26-22)15-27-23(24-3)29-12-8-19(2)21(16-29)30-13-9-25-17-30;/h4-5,9,13-14,17-19,21H,6-8,10-12,15-16H2,1-3H3,(H,24,27);1H. The third-order valence-corrected chi connectivity index (χ3v) is 6.71. The Balaban J connectivity index is 0.00000272. The van der Waals surface area contributed by atoms with Crippen LogP contribution in [0.4, 0.5) is 5.82 Å². The van der Waals surface area contributed by atoms with Gasteiger partial charge in [-0.25, -0.2) is 9.97 Å². The Bertz CT molecular complexity index is 813. The second kappa shape index (κ2) is 11.2. The Hall–Kier alpha value is -1.84. The van der Waals surface area contributed by atoms with Crippen LogP contribution in [0, 0.1) is 11.8 Å². The van der Waals surface area contributed by atoms with Crippen LogP contribution in [0.3, 0.4) is 0 Å². The number of imidazole rings is 1. The zero-order valence-corrected chi connectivity index (χ0v) is 21.3. The van der Waals surface area contributed by atoms with Gasteiger partial charge in [-0.05, 0) is 42.7 Å². The van der Waals surface area contributed by atoms with Crippen LogP contribution < -0.4 is 10.2 Å². The summed E-state index contributed by atoms with van der Waals surface area (Å²) in [5.74, 6) is 3.52. The van der Waals surface area contributed by atoms with Crippen LogP contribution in [-0.2, 0) is 6.54 Å². The summed E-state index contributed by atoms with van der Waals surface area (Å²) in [4.78, 5) is 18.3. The first kappa shape index (κ1) is 23.8. The molecule has 0 amide bonds. The molecule has 7 nitrogen and oxygen atoms in total. The van der Waals surface area contributed by atoms with Gasteiger partial charge in [0.1, 0.15) is 5.82 Å². The number of halogens is 1. The average molecular weight is 537 g/mol. The van der Waals surface area contributed by atoms with E-state index in [4.69, 9.17) is 4.98 Å². The molecule has 2 saturated heterocycles. The molecular weight excluding hydrogens is 501 g/mol. The first-order chi connectivity index (χ1) is 14.6. The second-order valence-electron chi connectivity index (χ2n) is 8.88. The summed E-state index contributed by atoms with van der Waals surface area (Å²) >= 11 is 0. The van der Waals surface area contributed by atoms with E-state index in [2.05, 4.69) is 61.8 Å². The molecule has 0 radical (unpaired) electrons. The number of nitrogens with zero attached hydrogens (tertiary/aromatic N) is 6. The summed E-state index contributed by atoms with van der Waals surface area (Å²) < 4.78 is 2.23. The van der Waals surface area contributed by atoms with Crippen LogP contribution in [0.5, 0.6) is 0 Å². The third kappa shape index (κ3) is 5.90. The monoisotopic (exact) mass is 537 g/mol. The number of piperidine rings is 2. The fraction of sp³-hybridized carbons (Fsp3) is 0.609. The van der Waals surface area contributed by atoms with E-state index in [-0.39, 0.29) is 24.0 Å². The summed E-state index contributed by atoms with van der Waals surface area (Å²) in [7, 11) is 1.87. The van der Waals surface area contributed by atoms with Gasteiger partial charge in [0.15, 0.2) is 5.96 Å². The molecule has 4 rings (SSSR count). The summed E-state index contributed by atoms with van der Waals surface area (Å²) in [6.45, 7) is 9.60. The fourth-order valence-corrected chi connectivity index (χ4v) is 4.55. The number of hydrogen-bond acceptors (Lipinski definition) is 4. The van der Waals surface area contributed by atoms with Crippen molar-refractivity contribution < 1.29 is 0 Å². The van der Waals surface area contributed by atoms with E-state index < -0.39 is 0 Å². The first-order valence-corrected chi connectivity index (χ1v) is 11.3. The van der Waals surface area contributed by atoms with Crippen LogP contribution in [0.2, 0.25) is 0 Å². The number of rotatable bonds is 4. The van der Waals surface area contributed by atoms with E-state index in [1.54, 1.807) is 0 Å². The number of pyridine rings is 1. The van der Waals surface area contributed by atoms with Crippen molar-refractivity contribution >= 4 is 35.8 Å². The summed E-state index contributed by atoms with van der Waals surface area (Å²) in [6, 6.07) is 4.77. The molecule has 2 aromatic rings. The maximum Gasteiger partial charge on any atom is 0.193 e. The topological polar surface area (TPSA) is 61.6 Å². The van der Waals surface area contributed by atoms with Gasteiger partial charge in [0, 0.05) is 58.4 Å². The summed E-state index contributed by atoms with van der Waals surface area (Å²) in [5.41, 5.74) is 1.18. The highest BCUT2D eigenvalue weighted by molar-refractivity contribution is 14.0. The molecule has 0 spiro atoms. The predicted molar refractivity (Wildman–Crippen MR) is 137 cm³/mol. The first-order valence-electron chi connectivity index (χ1n) is 11.3. The smallest absolute Gasteiger partial charge is 0.193 e. The van der Waals surface area contributed by atoms with Gasteiger partial charge in [-0.3, -0.25) is 4.99 Å². The summed E-state index contributed by atoms with van der Waals surface area (Å²) in [5, 5.41) is 3.54. The van der Waals surface area contributed by atoms with Crippen molar-refractivity contribution in [2.75, 3.05) is 38.1 Å². The quantitative estimate of drug-likeness (QED) is 0.366. The van der Waals surface area contributed by atoms with Crippen LogP contribution in [0.15, 0.2) is 42.0 Å². The molecule has 0 aliphatic carbocycles. The van der Waals surface area contributed by atoms with Gasteiger partial charge in [0.05, 0.1) is 12.4 Å². The van der Waals surface area contributed by atoms with Gasteiger partial charge in [-0.15, -0.1) is 24.0 Å². The largest absolute Gasteiger partial charge is 0.357 e. The van der Waals surface area contributed by atoms with E-state index in [0.717, 1.165) is 56.8 Å². The molecule has 2 fully saturated rings. The molecule has 0 saturated carbocycles. The minimum atomic E-state index is 0. The van der Waals surface area contributed by atoms with Crippen molar-refractivity contribution in [2.45, 2.75) is 45.7 Å². The normalized spacial score (nSPS) is 22.9. The molecular formula is C23H36IN7. The molecule has 2 atom stereocenters. The number of anilines is 1. The minimum absolute atomic E-state index is 0. The highest BCUT2D eigenvalue weighted by Crippen LogP contribution is 2.27. The van der Waals surface area contributed by atoms with Crippen molar-refractivity contribution in [2.24, 2.45) is 16.8 Å². The van der Waals surface area contributed by atoms with Crippen molar-refractivity contribution in [3.63, 3.8) is 0 Å². The highest BCUT2D eigenvalue weighted by atomic mass is 127. The Kier molecular flexibility index (Phi) is 8.57. The van der Waals surface area contributed by atoms with Crippen LogP contribution in [0.1, 0.15) is 44.7 Å². The zero-order chi connectivity index (χ0) is 20.9. The Morgan fingerprint density at radius 3 is 2.61 bits per heavy atom. The number of guanidine groups is 1. The Morgan fingerprint density at radius 2 is 1.97 bits per heavy atom. The molecule has 170 valence electrons. The maximum atomic E-state index is 4.72. The average Bonchev–Trinajstić information content (AvgIpc) is 3.31. The van der Waals surface area contributed by atoms with Crippen molar-refractivity contribution in [3.05, 3.63) is 42.6 Å². The number of aliphatic imine (C=N–C) groups is 1. The minimum Gasteiger partial charge on any atom is -0.357 e. The van der Waals surface area contributed by atoms with Gasteiger partial charge >= 0.3 is 0 Å². The Morgan fingerprint density at radius 1 is 1.16 bits per heavy atom. The number of likely N-dealkylation sites (tertiary alicyclic amines) is 1. The van der Waals surface area contributed by atoms with Crippen LogP contribution in [-0.4, -0.2) is 58.6 Å². The predicted octanol–water partition coefficient (Wildman–Crippen LogP) is 3.79. The second-order valence-corrected chi connectivity index (χ2v) is 8.88. The van der Waals surface area contributed by atoms with Crippen molar-refractivity contribution in [1.82, 2.24) is 24.8 Å². The SMILES string of the molecule is CN=C(NCc1ccc(N2CCC(C)CC2)nc1)N1CCC(C)C(n2ccnc2)C1.I. The Labute approximate surface area is 203 Å². The maximum absolute atomic E-state index is 4.72. The van der Waals surface area contributed by atoms with Gasteiger partial charge in [-0.2, -0.15) is 0 Å². The van der Waals surface area contributed by atoms with Gasteiger partial charge in [0.25, 0.3) is 0 Å². The van der Waals surface area contributed by atoms with E-state index in [1.807, 2.05) is 25.8 Å². The lowest BCUT2D eigenvalue weighted by atomic mass is 9.93. The number of nitrogens with one attached hydrogen (secondary N) is 1. The molecule has 31 heavy (non-hydrogen) atoms. The summed E-state index contributed by atoms with van der Waals surface area (Å²) in [6.07, 6.45) is 11.5.